The van der Waals surface area contributed by atoms with Crippen molar-refractivity contribution in [1.29, 1.82) is 0 Å². The van der Waals surface area contributed by atoms with E-state index >= 15 is 0 Å². The molecule has 1 rings (SSSR count). The van der Waals surface area contributed by atoms with Crippen molar-refractivity contribution in [1.82, 2.24) is 10.0 Å². The second-order valence-electron chi connectivity index (χ2n) is 5.45. The van der Waals surface area contributed by atoms with Gasteiger partial charge in [-0.3, -0.25) is 0 Å². The zero-order chi connectivity index (χ0) is 14.7. The topological polar surface area (TPSA) is 67.4 Å². The second-order valence-corrected chi connectivity index (χ2v) is 7.37. The predicted molar refractivity (Wildman–Crippen MR) is 82.4 cm³/mol. The molecule has 0 bridgehead atoms. The summed E-state index contributed by atoms with van der Waals surface area (Å²) >= 11 is 0. The minimum absolute atomic E-state index is 0.188. The summed E-state index contributed by atoms with van der Waals surface area (Å²) in [6.07, 6.45) is 8.08. The van der Waals surface area contributed by atoms with Crippen LogP contribution in [-0.4, -0.2) is 46.5 Å². The number of rotatable bonds is 11. The molecule has 2 N–H and O–H groups in total. The van der Waals surface area contributed by atoms with Crippen LogP contribution < -0.4 is 10.0 Å². The maximum atomic E-state index is 11.7. The van der Waals surface area contributed by atoms with Crippen LogP contribution in [0.2, 0.25) is 0 Å². The van der Waals surface area contributed by atoms with Gasteiger partial charge in [-0.15, -0.1) is 0 Å². The van der Waals surface area contributed by atoms with Gasteiger partial charge in [0, 0.05) is 6.54 Å². The minimum Gasteiger partial charge on any atom is -0.377 e. The van der Waals surface area contributed by atoms with Gasteiger partial charge in [-0.2, -0.15) is 0 Å². The van der Waals surface area contributed by atoms with E-state index in [1.807, 2.05) is 0 Å². The Kier molecular flexibility index (Phi) is 9.42. The molecule has 1 aliphatic rings. The van der Waals surface area contributed by atoms with Crippen LogP contribution in [0.15, 0.2) is 0 Å². The highest BCUT2D eigenvalue weighted by Crippen LogP contribution is 2.19. The van der Waals surface area contributed by atoms with Gasteiger partial charge < -0.3 is 10.1 Å². The van der Waals surface area contributed by atoms with Crippen LogP contribution in [0.4, 0.5) is 0 Å². The Hall–Kier alpha value is -0.170. The molecule has 0 unspecified atom stereocenters. The Labute approximate surface area is 123 Å². The summed E-state index contributed by atoms with van der Waals surface area (Å²) in [6.45, 7) is 4.67. The fraction of sp³-hybridized carbons (Fsp3) is 1.00. The number of nitrogens with one attached hydrogen (secondary N) is 2. The van der Waals surface area contributed by atoms with E-state index in [0.29, 0.717) is 25.7 Å². The van der Waals surface area contributed by atoms with Crippen molar-refractivity contribution in [2.75, 3.05) is 32.0 Å². The van der Waals surface area contributed by atoms with Crippen LogP contribution in [0.3, 0.4) is 0 Å². The third kappa shape index (κ3) is 8.89. The highest BCUT2D eigenvalue weighted by atomic mass is 32.2. The molecule has 6 heteroatoms. The summed E-state index contributed by atoms with van der Waals surface area (Å²) in [5, 5.41) is 3.20. The number of hydrogen-bond acceptors (Lipinski definition) is 4. The van der Waals surface area contributed by atoms with E-state index < -0.39 is 10.0 Å². The van der Waals surface area contributed by atoms with Crippen molar-refractivity contribution >= 4 is 10.0 Å². The van der Waals surface area contributed by atoms with Crippen LogP contribution in [0.1, 0.15) is 51.9 Å². The summed E-state index contributed by atoms with van der Waals surface area (Å²) < 4.78 is 31.7. The molecule has 20 heavy (non-hydrogen) atoms. The lowest BCUT2D eigenvalue weighted by molar-refractivity contribution is 0.0321. The first-order chi connectivity index (χ1) is 9.64. The minimum atomic E-state index is -3.14. The molecule has 0 saturated heterocycles. The molecule has 0 atom stereocenters. The Morgan fingerprint density at radius 3 is 2.55 bits per heavy atom. The van der Waals surface area contributed by atoms with Gasteiger partial charge >= 0.3 is 0 Å². The van der Waals surface area contributed by atoms with E-state index in [-0.39, 0.29) is 5.75 Å². The summed E-state index contributed by atoms with van der Waals surface area (Å²) in [7, 11) is -3.14. The molecule has 0 radical (unpaired) electrons. The van der Waals surface area contributed by atoms with Crippen molar-refractivity contribution in [3.05, 3.63) is 0 Å². The molecule has 120 valence electrons. The van der Waals surface area contributed by atoms with Crippen LogP contribution in [0.5, 0.6) is 0 Å². The maximum absolute atomic E-state index is 11.7. The quantitative estimate of drug-likeness (QED) is 0.570. The average molecular weight is 306 g/mol. The SMILES string of the molecule is CCCNCCCS(=O)(=O)NCCOC1CCCCC1. The first kappa shape index (κ1) is 17.9. The highest BCUT2D eigenvalue weighted by Gasteiger charge is 2.14. The van der Waals surface area contributed by atoms with E-state index in [4.69, 9.17) is 4.74 Å². The molecule has 0 amide bonds. The molecule has 1 aliphatic carbocycles. The first-order valence-corrected chi connectivity index (χ1v) is 9.59. The largest absolute Gasteiger partial charge is 0.377 e. The number of hydrogen-bond donors (Lipinski definition) is 2. The molecule has 0 heterocycles. The summed E-state index contributed by atoms with van der Waals surface area (Å²) in [5.41, 5.74) is 0. The van der Waals surface area contributed by atoms with Gasteiger partial charge in [-0.1, -0.05) is 26.2 Å². The molecule has 5 nitrogen and oxygen atoms in total. The lowest BCUT2D eigenvalue weighted by Gasteiger charge is -2.21. The van der Waals surface area contributed by atoms with E-state index in [9.17, 15) is 8.42 Å². The van der Waals surface area contributed by atoms with Gasteiger partial charge in [0.15, 0.2) is 0 Å². The van der Waals surface area contributed by atoms with Crippen molar-refractivity contribution in [2.24, 2.45) is 0 Å². The normalized spacial score (nSPS) is 17.4. The van der Waals surface area contributed by atoms with Crippen molar-refractivity contribution < 1.29 is 13.2 Å². The Morgan fingerprint density at radius 1 is 1.10 bits per heavy atom. The second kappa shape index (κ2) is 10.5. The monoisotopic (exact) mass is 306 g/mol. The molecule has 1 saturated carbocycles. The Morgan fingerprint density at radius 2 is 1.85 bits per heavy atom. The zero-order valence-electron chi connectivity index (χ0n) is 12.7. The van der Waals surface area contributed by atoms with Gasteiger partial charge in [0.25, 0.3) is 0 Å². The summed E-state index contributed by atoms with van der Waals surface area (Å²) in [6, 6.07) is 0. The first-order valence-electron chi connectivity index (χ1n) is 7.93. The van der Waals surface area contributed by atoms with E-state index in [0.717, 1.165) is 32.4 Å². The number of sulfonamides is 1. The highest BCUT2D eigenvalue weighted by molar-refractivity contribution is 7.89. The predicted octanol–water partition coefficient (Wildman–Crippen LogP) is 1.64. The number of ether oxygens (including phenoxy) is 1. The summed E-state index contributed by atoms with van der Waals surface area (Å²) in [4.78, 5) is 0. The van der Waals surface area contributed by atoms with Crippen molar-refractivity contribution in [2.45, 2.75) is 58.0 Å². The molecule has 0 spiro atoms. The molecular formula is C14H30N2O3S. The van der Waals surface area contributed by atoms with E-state index in [1.165, 1.54) is 19.3 Å². The molecule has 1 fully saturated rings. The van der Waals surface area contributed by atoms with Crippen molar-refractivity contribution in [3.8, 4) is 0 Å². The standard InChI is InChI=1S/C14H30N2O3S/c1-2-9-15-10-6-13-20(17,18)16-11-12-19-14-7-4-3-5-8-14/h14-16H,2-13H2,1H3. The van der Waals surface area contributed by atoms with Gasteiger partial charge in [-0.05, 0) is 38.8 Å². The summed E-state index contributed by atoms with van der Waals surface area (Å²) in [5.74, 6) is 0.188. The Balaban J connectivity index is 2.01. The van der Waals surface area contributed by atoms with Gasteiger partial charge in [0.2, 0.25) is 10.0 Å². The fourth-order valence-electron chi connectivity index (χ4n) is 2.42. The fourth-order valence-corrected chi connectivity index (χ4v) is 3.48. The van der Waals surface area contributed by atoms with E-state index in [2.05, 4.69) is 17.0 Å². The molecule has 0 aromatic rings. The average Bonchev–Trinajstić information content (AvgIpc) is 2.44. The van der Waals surface area contributed by atoms with Crippen LogP contribution in [0, 0.1) is 0 Å². The lowest BCUT2D eigenvalue weighted by atomic mass is 9.98. The molecule has 0 aromatic carbocycles. The van der Waals surface area contributed by atoms with Gasteiger partial charge in [0.05, 0.1) is 18.5 Å². The van der Waals surface area contributed by atoms with E-state index in [1.54, 1.807) is 0 Å². The lowest BCUT2D eigenvalue weighted by Crippen LogP contribution is -2.32. The third-order valence-electron chi connectivity index (χ3n) is 3.52. The zero-order valence-corrected chi connectivity index (χ0v) is 13.5. The van der Waals surface area contributed by atoms with Crippen LogP contribution >= 0.6 is 0 Å². The molecular weight excluding hydrogens is 276 g/mol. The maximum Gasteiger partial charge on any atom is 0.211 e. The van der Waals surface area contributed by atoms with Gasteiger partial charge in [-0.25, -0.2) is 13.1 Å². The third-order valence-corrected chi connectivity index (χ3v) is 4.99. The van der Waals surface area contributed by atoms with Gasteiger partial charge in [0.1, 0.15) is 0 Å². The smallest absolute Gasteiger partial charge is 0.211 e. The van der Waals surface area contributed by atoms with Crippen molar-refractivity contribution in [3.63, 3.8) is 0 Å². The Bertz CT molecular complexity index is 327. The molecule has 0 aliphatic heterocycles. The van der Waals surface area contributed by atoms with Crippen LogP contribution in [0.25, 0.3) is 0 Å². The van der Waals surface area contributed by atoms with Crippen LogP contribution in [-0.2, 0) is 14.8 Å². The molecule has 0 aromatic heterocycles.